The van der Waals surface area contributed by atoms with Gasteiger partial charge in [0.15, 0.2) is 0 Å². The van der Waals surface area contributed by atoms with Gasteiger partial charge in [0, 0.05) is 18.2 Å². The molecule has 2 unspecified atom stereocenters. The van der Waals surface area contributed by atoms with Crippen LogP contribution in [0.3, 0.4) is 0 Å². The van der Waals surface area contributed by atoms with E-state index in [0.717, 1.165) is 24.1 Å². The third-order valence-electron chi connectivity index (χ3n) is 3.88. The Labute approximate surface area is 107 Å². The molecule has 1 aromatic rings. The van der Waals surface area contributed by atoms with Crippen molar-refractivity contribution < 1.29 is 8.78 Å². The highest BCUT2D eigenvalue weighted by Gasteiger charge is 2.30. The monoisotopic (exact) mass is 254 g/mol. The van der Waals surface area contributed by atoms with Crippen LogP contribution in [0, 0.1) is 12.8 Å². The molecule has 0 aromatic heterocycles. The molecule has 1 saturated heterocycles. The molecule has 1 aromatic carbocycles. The summed E-state index contributed by atoms with van der Waals surface area (Å²) in [6.07, 6.45) is -1.44. The third-order valence-corrected chi connectivity index (χ3v) is 3.88. The number of likely N-dealkylation sites (tertiary alicyclic amines) is 1. The molecule has 0 saturated carbocycles. The van der Waals surface area contributed by atoms with Crippen LogP contribution in [0.5, 0.6) is 0 Å². The van der Waals surface area contributed by atoms with E-state index in [-0.39, 0.29) is 11.6 Å². The second-order valence-corrected chi connectivity index (χ2v) is 5.21. The fraction of sp³-hybridized carbons (Fsp3) is 0.571. The number of rotatable bonds is 3. The number of nitrogens with two attached hydrogens (primary N) is 1. The summed E-state index contributed by atoms with van der Waals surface area (Å²) in [4.78, 5) is 2.22. The Morgan fingerprint density at radius 3 is 2.72 bits per heavy atom. The van der Waals surface area contributed by atoms with Crippen molar-refractivity contribution in [1.82, 2.24) is 4.90 Å². The van der Waals surface area contributed by atoms with Crippen molar-refractivity contribution in [2.75, 3.05) is 20.1 Å². The maximum Gasteiger partial charge on any atom is 0.263 e. The van der Waals surface area contributed by atoms with Crippen molar-refractivity contribution in [1.29, 1.82) is 0 Å². The number of halogens is 2. The summed E-state index contributed by atoms with van der Waals surface area (Å²) < 4.78 is 25.5. The molecule has 0 radical (unpaired) electrons. The summed E-state index contributed by atoms with van der Waals surface area (Å²) in [5.74, 6) is 0.467. The van der Waals surface area contributed by atoms with E-state index in [2.05, 4.69) is 4.90 Å². The molecular weight excluding hydrogens is 234 g/mol. The van der Waals surface area contributed by atoms with Crippen molar-refractivity contribution in [3.63, 3.8) is 0 Å². The maximum absolute atomic E-state index is 12.8. The second-order valence-electron chi connectivity index (χ2n) is 5.21. The quantitative estimate of drug-likeness (QED) is 0.898. The van der Waals surface area contributed by atoms with Crippen LogP contribution in [-0.4, -0.2) is 25.0 Å². The molecule has 100 valence electrons. The van der Waals surface area contributed by atoms with E-state index in [1.807, 2.05) is 14.0 Å². The van der Waals surface area contributed by atoms with Crippen LogP contribution >= 0.6 is 0 Å². The Morgan fingerprint density at radius 1 is 1.44 bits per heavy atom. The molecule has 0 aliphatic carbocycles. The molecule has 2 N–H and O–H groups in total. The van der Waals surface area contributed by atoms with E-state index >= 15 is 0 Å². The number of nitrogens with zero attached hydrogens (tertiary/aromatic N) is 1. The van der Waals surface area contributed by atoms with Gasteiger partial charge < -0.3 is 5.73 Å². The average Bonchev–Trinajstić information content (AvgIpc) is 2.71. The number of benzene rings is 1. The predicted octanol–water partition coefficient (Wildman–Crippen LogP) is 2.88. The molecule has 2 nitrogen and oxygen atoms in total. The minimum atomic E-state index is -2.40. The van der Waals surface area contributed by atoms with E-state index in [4.69, 9.17) is 5.73 Å². The lowest BCUT2D eigenvalue weighted by Gasteiger charge is -2.22. The van der Waals surface area contributed by atoms with Gasteiger partial charge in [0.05, 0.1) is 0 Å². The molecule has 2 atom stereocenters. The van der Waals surface area contributed by atoms with Crippen LogP contribution in [-0.2, 0) is 0 Å². The SMILES string of the molecule is Cc1ccc(C(F)F)cc1C1CC(CN)CN1C. The highest BCUT2D eigenvalue weighted by atomic mass is 19.3. The first-order chi connectivity index (χ1) is 8.52. The standard InChI is InChI=1S/C14H20F2N2/c1-9-3-4-11(14(15)16)6-12(9)13-5-10(7-17)8-18(13)2/h3-4,6,10,13-14H,5,7-8,17H2,1-2H3. The molecular formula is C14H20F2N2. The van der Waals surface area contributed by atoms with Crippen LogP contribution < -0.4 is 5.73 Å². The first-order valence-electron chi connectivity index (χ1n) is 6.31. The topological polar surface area (TPSA) is 29.3 Å². The first-order valence-corrected chi connectivity index (χ1v) is 6.31. The van der Waals surface area contributed by atoms with E-state index in [0.29, 0.717) is 12.5 Å². The highest BCUT2D eigenvalue weighted by molar-refractivity contribution is 5.34. The van der Waals surface area contributed by atoms with Gasteiger partial charge in [0.1, 0.15) is 0 Å². The van der Waals surface area contributed by atoms with Crippen LogP contribution in [0.25, 0.3) is 0 Å². The van der Waals surface area contributed by atoms with Gasteiger partial charge in [-0.3, -0.25) is 4.90 Å². The number of aryl methyl sites for hydroxylation is 1. The minimum absolute atomic E-state index is 0.111. The van der Waals surface area contributed by atoms with Gasteiger partial charge in [-0.1, -0.05) is 12.1 Å². The second kappa shape index (κ2) is 5.33. The van der Waals surface area contributed by atoms with Crippen LogP contribution in [0.1, 0.15) is 35.6 Å². The van der Waals surface area contributed by atoms with E-state index in [1.165, 1.54) is 6.07 Å². The minimum Gasteiger partial charge on any atom is -0.330 e. The zero-order chi connectivity index (χ0) is 13.3. The first kappa shape index (κ1) is 13.4. The number of hydrogen-bond donors (Lipinski definition) is 1. The molecule has 0 spiro atoms. The lowest BCUT2D eigenvalue weighted by atomic mass is 9.94. The van der Waals surface area contributed by atoms with Gasteiger partial charge in [-0.15, -0.1) is 0 Å². The maximum atomic E-state index is 12.8. The molecule has 0 bridgehead atoms. The molecule has 18 heavy (non-hydrogen) atoms. The lowest BCUT2D eigenvalue weighted by Crippen LogP contribution is -2.21. The molecule has 1 aliphatic rings. The number of alkyl halides is 2. The fourth-order valence-corrected chi connectivity index (χ4v) is 2.79. The Hall–Kier alpha value is -1.00. The van der Waals surface area contributed by atoms with E-state index < -0.39 is 6.43 Å². The molecule has 4 heteroatoms. The van der Waals surface area contributed by atoms with Gasteiger partial charge in [-0.2, -0.15) is 0 Å². The Balaban J connectivity index is 2.30. The molecule has 1 aliphatic heterocycles. The number of hydrogen-bond acceptors (Lipinski definition) is 2. The Morgan fingerprint density at radius 2 is 2.17 bits per heavy atom. The van der Waals surface area contributed by atoms with Gasteiger partial charge in [0.25, 0.3) is 6.43 Å². The van der Waals surface area contributed by atoms with Crippen molar-refractivity contribution in [3.05, 3.63) is 34.9 Å². The summed E-state index contributed by atoms with van der Waals surface area (Å²) in [6, 6.07) is 5.18. The molecule has 0 amide bonds. The normalized spacial score (nSPS) is 25.0. The summed E-state index contributed by atoms with van der Waals surface area (Å²) in [5, 5.41) is 0. The summed E-state index contributed by atoms with van der Waals surface area (Å²) in [5.41, 5.74) is 7.91. The van der Waals surface area contributed by atoms with Crippen LogP contribution in [0.2, 0.25) is 0 Å². The Bertz CT molecular complexity index is 420. The van der Waals surface area contributed by atoms with Crippen molar-refractivity contribution in [3.8, 4) is 0 Å². The Kier molecular flexibility index (Phi) is 3.97. The van der Waals surface area contributed by atoms with Gasteiger partial charge in [-0.05, 0) is 50.0 Å². The van der Waals surface area contributed by atoms with Gasteiger partial charge >= 0.3 is 0 Å². The third kappa shape index (κ3) is 2.54. The van der Waals surface area contributed by atoms with E-state index in [9.17, 15) is 8.78 Å². The van der Waals surface area contributed by atoms with Crippen molar-refractivity contribution in [2.45, 2.75) is 25.8 Å². The largest absolute Gasteiger partial charge is 0.330 e. The zero-order valence-electron chi connectivity index (χ0n) is 10.9. The van der Waals surface area contributed by atoms with Crippen molar-refractivity contribution in [2.24, 2.45) is 11.7 Å². The van der Waals surface area contributed by atoms with E-state index in [1.54, 1.807) is 12.1 Å². The zero-order valence-corrected chi connectivity index (χ0v) is 10.9. The predicted molar refractivity (Wildman–Crippen MR) is 68.7 cm³/mol. The molecule has 1 fully saturated rings. The van der Waals surface area contributed by atoms with Gasteiger partial charge in [0.2, 0.25) is 0 Å². The van der Waals surface area contributed by atoms with Crippen LogP contribution in [0.4, 0.5) is 8.78 Å². The fourth-order valence-electron chi connectivity index (χ4n) is 2.79. The average molecular weight is 254 g/mol. The molecule has 1 heterocycles. The lowest BCUT2D eigenvalue weighted by molar-refractivity contribution is 0.151. The molecule has 2 rings (SSSR count). The summed E-state index contributed by atoms with van der Waals surface area (Å²) in [6.45, 7) is 3.59. The highest BCUT2D eigenvalue weighted by Crippen LogP contribution is 2.36. The van der Waals surface area contributed by atoms with Gasteiger partial charge in [-0.25, -0.2) is 8.78 Å². The summed E-state index contributed by atoms with van der Waals surface area (Å²) in [7, 11) is 2.04. The van der Waals surface area contributed by atoms with Crippen LogP contribution in [0.15, 0.2) is 18.2 Å². The smallest absolute Gasteiger partial charge is 0.263 e. The van der Waals surface area contributed by atoms with Crippen molar-refractivity contribution >= 4 is 0 Å². The summed E-state index contributed by atoms with van der Waals surface area (Å²) >= 11 is 0.